The number of carbonyl (C=O) groups is 1. The van der Waals surface area contributed by atoms with Gasteiger partial charge in [-0.15, -0.1) is 0 Å². The van der Waals surface area contributed by atoms with Gasteiger partial charge < -0.3 is 25.7 Å². The molecule has 40 heavy (non-hydrogen) atoms. The third kappa shape index (κ3) is 6.63. The molecule has 12 nitrogen and oxygen atoms in total. The number of ether oxygens (including phenoxy) is 3. The molecule has 0 fully saturated rings. The van der Waals surface area contributed by atoms with Crippen molar-refractivity contribution in [2.45, 2.75) is 52.7 Å². The summed E-state index contributed by atoms with van der Waals surface area (Å²) in [4.78, 5) is 30.3. The lowest BCUT2D eigenvalue weighted by Crippen LogP contribution is -2.24. The molecule has 12 heteroatoms. The number of carbonyl (C=O) groups excluding carboxylic acids is 1. The monoisotopic (exact) mass is 542 g/mol. The first kappa shape index (κ1) is 27.8. The van der Waals surface area contributed by atoms with Gasteiger partial charge in [0.05, 0.1) is 17.3 Å². The van der Waals surface area contributed by atoms with Crippen molar-refractivity contribution in [2.75, 3.05) is 0 Å². The van der Waals surface area contributed by atoms with Crippen LogP contribution in [0.25, 0.3) is 11.5 Å². The number of guanidine groups is 1. The van der Waals surface area contributed by atoms with Crippen LogP contribution >= 0.6 is 0 Å². The van der Waals surface area contributed by atoms with Crippen molar-refractivity contribution in [1.82, 2.24) is 19.5 Å². The lowest BCUT2D eigenvalue weighted by Gasteiger charge is -2.22. The van der Waals surface area contributed by atoms with E-state index < -0.39 is 11.6 Å². The summed E-state index contributed by atoms with van der Waals surface area (Å²) in [6.07, 6.45) is 2.98. The highest BCUT2D eigenvalue weighted by Gasteiger charge is 2.27. The number of aromatic nitrogens is 4. The van der Waals surface area contributed by atoms with Gasteiger partial charge in [0.1, 0.15) is 29.0 Å². The largest absolute Gasteiger partial charge is 0.456 e. The van der Waals surface area contributed by atoms with Gasteiger partial charge in [-0.1, -0.05) is 19.4 Å². The van der Waals surface area contributed by atoms with E-state index in [2.05, 4.69) is 26.0 Å². The molecule has 0 amide bonds. The Hall–Kier alpha value is -5.18. The fourth-order valence-electron chi connectivity index (χ4n) is 3.71. The topological polar surface area (TPSA) is 177 Å². The summed E-state index contributed by atoms with van der Waals surface area (Å²) in [5.74, 6) is 0.372. The van der Waals surface area contributed by atoms with Crippen LogP contribution in [-0.2, 0) is 11.3 Å². The molecule has 0 radical (unpaired) electrons. The molecule has 2 heterocycles. The van der Waals surface area contributed by atoms with E-state index in [0.717, 1.165) is 12.8 Å². The number of nitrogens with zero attached hydrogens (tertiary/aromatic N) is 6. The van der Waals surface area contributed by atoms with E-state index in [1.165, 1.54) is 24.5 Å². The molecule has 2 aromatic carbocycles. The number of benzene rings is 2. The summed E-state index contributed by atoms with van der Waals surface area (Å²) in [5, 5.41) is 9.53. The molecule has 4 rings (SSSR count). The van der Waals surface area contributed by atoms with Crippen LogP contribution in [0.1, 0.15) is 56.5 Å². The molecular formula is C28H30N8O4. The fraction of sp³-hybridized carbons (Fsp3) is 0.286. The van der Waals surface area contributed by atoms with Gasteiger partial charge in [-0.2, -0.15) is 10.2 Å². The van der Waals surface area contributed by atoms with Gasteiger partial charge in [0, 0.05) is 12.6 Å². The minimum absolute atomic E-state index is 0.0853. The number of rotatable bonds is 9. The highest BCUT2D eigenvalue weighted by molar-refractivity contribution is 5.93. The van der Waals surface area contributed by atoms with Crippen LogP contribution < -0.4 is 20.9 Å². The summed E-state index contributed by atoms with van der Waals surface area (Å²) in [5.41, 5.74) is 11.6. The molecule has 0 saturated carbocycles. The Morgan fingerprint density at radius 2 is 1.93 bits per heavy atom. The molecule has 2 aromatic rings. The lowest BCUT2D eigenvalue weighted by molar-refractivity contribution is 0.00670. The standard InChI is InChI=1S/C28H30N8O4/c1-5-6-12-36-24(39-21-13-17(15-29)10-11-20(21)25(37)40-28(2,3)4)22-23(33-16-32-22)35-27(36)38-19-9-7-8-18(14-19)34-26(30)31/h7-11,13-14,16H,5-6,12H2,1-4H3,(H4,30,31,34). The second kappa shape index (κ2) is 11.7. The molecule has 2 aliphatic heterocycles. The van der Waals surface area contributed by atoms with Crippen molar-refractivity contribution >= 4 is 17.6 Å². The van der Waals surface area contributed by atoms with Gasteiger partial charge in [-0.3, -0.25) is 4.57 Å². The van der Waals surface area contributed by atoms with Crippen LogP contribution in [-0.4, -0.2) is 37.0 Å². The first-order valence-electron chi connectivity index (χ1n) is 12.6. The number of nitrogens with two attached hydrogens (primary N) is 2. The number of fused-ring (bicyclic) bond motifs is 1. The molecule has 206 valence electrons. The zero-order valence-corrected chi connectivity index (χ0v) is 22.7. The van der Waals surface area contributed by atoms with Crippen LogP contribution in [0.15, 0.2) is 53.8 Å². The number of imidazole rings is 1. The van der Waals surface area contributed by atoms with Crippen molar-refractivity contribution < 1.29 is 19.0 Å². The zero-order chi connectivity index (χ0) is 28.9. The van der Waals surface area contributed by atoms with Gasteiger partial charge in [0.2, 0.25) is 5.88 Å². The smallest absolute Gasteiger partial charge is 0.342 e. The van der Waals surface area contributed by atoms with Crippen LogP contribution in [0.5, 0.6) is 23.4 Å². The van der Waals surface area contributed by atoms with E-state index >= 15 is 0 Å². The molecule has 4 N–H and O–H groups in total. The predicted octanol–water partition coefficient (Wildman–Crippen LogP) is 4.89. The van der Waals surface area contributed by atoms with E-state index in [-0.39, 0.29) is 35.0 Å². The molecule has 0 atom stereocenters. The second-order valence-electron chi connectivity index (χ2n) is 9.81. The lowest BCUT2D eigenvalue weighted by atomic mass is 10.1. The molecule has 2 aliphatic rings. The molecule has 0 spiro atoms. The van der Waals surface area contributed by atoms with E-state index in [4.69, 9.17) is 25.7 Å². The number of aliphatic imine (C=N–C) groups is 1. The molecular weight excluding hydrogens is 512 g/mol. The van der Waals surface area contributed by atoms with Crippen molar-refractivity contribution in [3.63, 3.8) is 0 Å². The number of hydrogen-bond acceptors (Lipinski definition) is 9. The normalized spacial score (nSPS) is 11.1. The average Bonchev–Trinajstić information content (AvgIpc) is 3.35. The van der Waals surface area contributed by atoms with Crippen LogP contribution in [0.2, 0.25) is 0 Å². The maximum Gasteiger partial charge on any atom is 0.342 e. The summed E-state index contributed by atoms with van der Waals surface area (Å²) < 4.78 is 19.9. The van der Waals surface area contributed by atoms with Crippen LogP contribution in [0.4, 0.5) is 5.69 Å². The highest BCUT2D eigenvalue weighted by Crippen LogP contribution is 2.38. The Kier molecular flexibility index (Phi) is 8.14. The summed E-state index contributed by atoms with van der Waals surface area (Å²) in [7, 11) is 0. The average molecular weight is 543 g/mol. The number of esters is 1. The predicted molar refractivity (Wildman–Crippen MR) is 148 cm³/mol. The minimum Gasteiger partial charge on any atom is -0.456 e. The van der Waals surface area contributed by atoms with Gasteiger partial charge in [-0.05, 0) is 57.5 Å². The maximum atomic E-state index is 13.1. The zero-order valence-electron chi connectivity index (χ0n) is 22.7. The molecule has 0 bridgehead atoms. The third-order valence-electron chi connectivity index (χ3n) is 5.42. The van der Waals surface area contributed by atoms with E-state index in [1.54, 1.807) is 49.6 Å². The van der Waals surface area contributed by atoms with Gasteiger partial charge in [0.15, 0.2) is 17.5 Å². The van der Waals surface area contributed by atoms with Gasteiger partial charge in [-0.25, -0.2) is 19.8 Å². The summed E-state index contributed by atoms with van der Waals surface area (Å²) in [6, 6.07) is 13.6. The quantitative estimate of drug-likeness (QED) is 0.168. The molecule has 0 saturated heterocycles. The third-order valence-corrected chi connectivity index (χ3v) is 5.42. The van der Waals surface area contributed by atoms with Crippen molar-refractivity contribution in [2.24, 2.45) is 16.5 Å². The van der Waals surface area contributed by atoms with E-state index in [0.29, 0.717) is 29.2 Å². The minimum atomic E-state index is -0.738. The van der Waals surface area contributed by atoms with Gasteiger partial charge >= 0.3 is 12.0 Å². The number of hydrogen-bond donors (Lipinski definition) is 2. The van der Waals surface area contributed by atoms with Crippen molar-refractivity contribution in [1.29, 1.82) is 5.26 Å². The maximum absolute atomic E-state index is 13.1. The van der Waals surface area contributed by atoms with Gasteiger partial charge in [0.25, 0.3) is 0 Å². The Morgan fingerprint density at radius 1 is 1.12 bits per heavy atom. The van der Waals surface area contributed by atoms with Crippen molar-refractivity contribution in [3.05, 3.63) is 59.9 Å². The number of unbranched alkanes of at least 4 members (excludes halogenated alkanes) is 1. The summed E-state index contributed by atoms with van der Waals surface area (Å²) in [6.45, 7) is 7.80. The molecule has 0 aromatic heterocycles. The Bertz CT molecular complexity index is 1560. The Labute approximate surface area is 231 Å². The second-order valence-corrected chi connectivity index (χ2v) is 9.81. The molecule has 0 aliphatic carbocycles. The highest BCUT2D eigenvalue weighted by atomic mass is 16.6. The van der Waals surface area contributed by atoms with E-state index in [1.807, 2.05) is 6.92 Å². The molecule has 0 unspecified atom stereocenters. The van der Waals surface area contributed by atoms with Crippen molar-refractivity contribution in [3.8, 4) is 41.0 Å². The summed E-state index contributed by atoms with van der Waals surface area (Å²) >= 11 is 0. The van der Waals surface area contributed by atoms with Crippen LogP contribution in [0.3, 0.4) is 0 Å². The first-order chi connectivity index (χ1) is 19.1. The Balaban J connectivity index is 1.85. The fourth-order valence-corrected chi connectivity index (χ4v) is 3.71. The SMILES string of the molecule is CCCCn1c(Oc2cccc(N=C(N)N)c2)nc2ncnc-2c1Oc1cc(C#N)ccc1C(=O)OC(C)(C)C. The van der Waals surface area contributed by atoms with E-state index in [9.17, 15) is 10.1 Å². The first-order valence-corrected chi connectivity index (χ1v) is 12.6. The van der Waals surface area contributed by atoms with Crippen LogP contribution in [0, 0.1) is 11.3 Å². The Morgan fingerprint density at radius 3 is 2.62 bits per heavy atom. The number of nitriles is 1.